The highest BCUT2D eigenvalue weighted by atomic mass is 79.9. The summed E-state index contributed by atoms with van der Waals surface area (Å²) in [5.41, 5.74) is -0.169. The molecule has 0 saturated carbocycles. The molecule has 0 fully saturated rings. The molecule has 0 spiro atoms. The van der Waals surface area contributed by atoms with Crippen LogP contribution in [0, 0.1) is 6.92 Å². The van der Waals surface area contributed by atoms with Gasteiger partial charge in [0.25, 0.3) is 5.56 Å². The van der Waals surface area contributed by atoms with Crippen molar-refractivity contribution in [1.82, 2.24) is 9.55 Å². The van der Waals surface area contributed by atoms with Gasteiger partial charge in [-0.3, -0.25) is 9.78 Å². The van der Waals surface area contributed by atoms with Gasteiger partial charge >= 0.3 is 5.69 Å². The van der Waals surface area contributed by atoms with Crippen LogP contribution in [0.15, 0.2) is 38.3 Å². The van der Waals surface area contributed by atoms with Gasteiger partial charge in [0.15, 0.2) is 0 Å². The Morgan fingerprint density at radius 3 is 2.71 bits per heavy atom. The summed E-state index contributed by atoms with van der Waals surface area (Å²) < 4.78 is 1.83. The predicted molar refractivity (Wildman–Crippen MR) is 70.1 cm³/mol. The van der Waals surface area contributed by atoms with Crippen LogP contribution in [0.5, 0.6) is 0 Å². The molecule has 6 heteroatoms. The van der Waals surface area contributed by atoms with Crippen molar-refractivity contribution in [1.29, 1.82) is 0 Å². The van der Waals surface area contributed by atoms with Gasteiger partial charge in [0.1, 0.15) is 5.15 Å². The number of H-pyrrole nitrogens is 1. The molecular weight excluding hydrogens is 307 g/mol. The third kappa shape index (κ3) is 2.21. The van der Waals surface area contributed by atoms with Crippen molar-refractivity contribution in [2.75, 3.05) is 0 Å². The Hall–Kier alpha value is -1.33. The molecule has 1 aromatic carbocycles. The number of halogens is 2. The van der Waals surface area contributed by atoms with Crippen LogP contribution in [0.4, 0.5) is 0 Å². The number of benzene rings is 1. The van der Waals surface area contributed by atoms with Crippen LogP contribution >= 0.6 is 27.5 Å². The third-order valence-corrected chi connectivity index (χ3v) is 3.21. The number of hydrogen-bond acceptors (Lipinski definition) is 2. The van der Waals surface area contributed by atoms with Gasteiger partial charge in [-0.2, -0.15) is 0 Å². The lowest BCUT2D eigenvalue weighted by atomic mass is 10.3. The molecule has 0 radical (unpaired) electrons. The van der Waals surface area contributed by atoms with Gasteiger partial charge in [0.05, 0.1) is 11.3 Å². The number of aromatic amines is 1. The summed E-state index contributed by atoms with van der Waals surface area (Å²) in [4.78, 5) is 26.1. The Bertz CT molecular complexity index is 691. The van der Waals surface area contributed by atoms with E-state index in [9.17, 15) is 9.59 Å². The van der Waals surface area contributed by atoms with E-state index in [-0.39, 0.29) is 5.15 Å². The second-order valence-electron chi connectivity index (χ2n) is 3.49. The van der Waals surface area contributed by atoms with Gasteiger partial charge in [-0.05, 0) is 25.1 Å². The molecule has 0 saturated heterocycles. The second kappa shape index (κ2) is 4.50. The standard InChI is InChI=1S/C11H8BrClN2O2/c1-6-9(13)14-11(17)15(10(6)16)8-4-2-3-7(12)5-8/h2-5H,1H3,(H,14,17). The molecule has 0 bridgehead atoms. The van der Waals surface area contributed by atoms with Crippen molar-refractivity contribution in [3.63, 3.8) is 0 Å². The van der Waals surface area contributed by atoms with Crippen molar-refractivity contribution in [2.45, 2.75) is 6.92 Å². The van der Waals surface area contributed by atoms with Gasteiger partial charge in [0.2, 0.25) is 0 Å². The molecule has 0 atom stereocenters. The molecule has 1 heterocycles. The number of hydrogen-bond donors (Lipinski definition) is 1. The van der Waals surface area contributed by atoms with Crippen LogP contribution in [0.1, 0.15) is 5.56 Å². The molecule has 0 aliphatic rings. The van der Waals surface area contributed by atoms with Gasteiger partial charge in [-0.15, -0.1) is 0 Å². The Labute approximate surface area is 110 Å². The summed E-state index contributed by atoms with van der Waals surface area (Å²) in [7, 11) is 0. The van der Waals surface area contributed by atoms with Crippen LogP contribution < -0.4 is 11.2 Å². The van der Waals surface area contributed by atoms with Crippen LogP contribution in [0.2, 0.25) is 5.15 Å². The average Bonchev–Trinajstić information content (AvgIpc) is 2.26. The Kier molecular flexibility index (Phi) is 3.22. The average molecular weight is 316 g/mol. The highest BCUT2D eigenvalue weighted by Crippen LogP contribution is 2.13. The smallest absolute Gasteiger partial charge is 0.297 e. The Morgan fingerprint density at radius 1 is 1.35 bits per heavy atom. The van der Waals surface area contributed by atoms with E-state index in [1.165, 1.54) is 0 Å². The summed E-state index contributed by atoms with van der Waals surface area (Å²) in [5.74, 6) is 0. The van der Waals surface area contributed by atoms with Gasteiger partial charge in [0, 0.05) is 4.47 Å². The van der Waals surface area contributed by atoms with Crippen molar-refractivity contribution < 1.29 is 0 Å². The van der Waals surface area contributed by atoms with Crippen LogP contribution in [-0.4, -0.2) is 9.55 Å². The summed E-state index contributed by atoms with van der Waals surface area (Å²) >= 11 is 9.02. The molecule has 2 aromatic rings. The molecule has 4 nitrogen and oxygen atoms in total. The Morgan fingerprint density at radius 2 is 2.06 bits per heavy atom. The zero-order valence-electron chi connectivity index (χ0n) is 8.83. The number of aromatic nitrogens is 2. The normalized spacial score (nSPS) is 10.5. The molecule has 17 heavy (non-hydrogen) atoms. The van der Waals surface area contributed by atoms with Crippen molar-refractivity contribution in [3.8, 4) is 5.69 Å². The zero-order valence-corrected chi connectivity index (χ0v) is 11.2. The van der Waals surface area contributed by atoms with E-state index in [1.54, 1.807) is 25.1 Å². The van der Waals surface area contributed by atoms with E-state index in [0.29, 0.717) is 11.3 Å². The van der Waals surface area contributed by atoms with E-state index in [2.05, 4.69) is 20.9 Å². The lowest BCUT2D eigenvalue weighted by Crippen LogP contribution is -2.35. The quantitative estimate of drug-likeness (QED) is 0.821. The predicted octanol–water partition coefficient (Wildman–Crippen LogP) is 2.25. The first-order valence-electron chi connectivity index (χ1n) is 4.78. The highest BCUT2D eigenvalue weighted by Gasteiger charge is 2.10. The maximum absolute atomic E-state index is 12.0. The zero-order chi connectivity index (χ0) is 12.6. The lowest BCUT2D eigenvalue weighted by molar-refractivity contribution is 0.859. The van der Waals surface area contributed by atoms with Crippen LogP contribution in [0.3, 0.4) is 0 Å². The minimum Gasteiger partial charge on any atom is -0.297 e. The van der Waals surface area contributed by atoms with Crippen molar-refractivity contribution in [2.24, 2.45) is 0 Å². The van der Waals surface area contributed by atoms with Crippen molar-refractivity contribution >= 4 is 27.5 Å². The summed E-state index contributed by atoms with van der Waals surface area (Å²) in [6.07, 6.45) is 0. The van der Waals surface area contributed by atoms with E-state index >= 15 is 0 Å². The molecule has 1 N–H and O–H groups in total. The topological polar surface area (TPSA) is 54.9 Å². The molecule has 0 aliphatic heterocycles. The molecule has 2 rings (SSSR count). The SMILES string of the molecule is Cc1c(Cl)[nH]c(=O)n(-c2cccc(Br)c2)c1=O. The third-order valence-electron chi connectivity index (χ3n) is 2.34. The van der Waals surface area contributed by atoms with Crippen LogP contribution in [0.25, 0.3) is 5.69 Å². The molecule has 1 aromatic heterocycles. The van der Waals surface area contributed by atoms with Crippen LogP contribution in [-0.2, 0) is 0 Å². The van der Waals surface area contributed by atoms with E-state index in [1.807, 2.05) is 6.07 Å². The summed E-state index contributed by atoms with van der Waals surface area (Å²) in [5, 5.41) is 0.0752. The van der Waals surface area contributed by atoms with E-state index in [4.69, 9.17) is 11.6 Å². The molecular formula is C11H8BrClN2O2. The molecule has 88 valence electrons. The lowest BCUT2D eigenvalue weighted by Gasteiger charge is -2.06. The largest absolute Gasteiger partial charge is 0.334 e. The van der Waals surface area contributed by atoms with E-state index < -0.39 is 11.2 Å². The fourth-order valence-corrected chi connectivity index (χ4v) is 2.00. The second-order valence-corrected chi connectivity index (χ2v) is 4.78. The molecule has 0 unspecified atom stereocenters. The minimum atomic E-state index is -0.552. The Balaban J connectivity index is 2.82. The first-order chi connectivity index (χ1) is 8.00. The number of rotatable bonds is 1. The monoisotopic (exact) mass is 314 g/mol. The minimum absolute atomic E-state index is 0.0752. The van der Waals surface area contributed by atoms with Gasteiger partial charge in [-0.25, -0.2) is 9.36 Å². The summed E-state index contributed by atoms with van der Waals surface area (Å²) in [6, 6.07) is 6.92. The van der Waals surface area contributed by atoms with Crippen molar-refractivity contribution in [3.05, 3.63) is 60.3 Å². The number of nitrogens with one attached hydrogen (secondary N) is 1. The fourth-order valence-electron chi connectivity index (χ4n) is 1.45. The first kappa shape index (κ1) is 12.1. The first-order valence-corrected chi connectivity index (χ1v) is 5.95. The van der Waals surface area contributed by atoms with E-state index in [0.717, 1.165) is 9.04 Å². The number of nitrogens with zero attached hydrogens (tertiary/aromatic N) is 1. The molecule has 0 amide bonds. The fraction of sp³-hybridized carbons (Fsp3) is 0.0909. The highest BCUT2D eigenvalue weighted by molar-refractivity contribution is 9.10. The maximum Gasteiger partial charge on any atom is 0.334 e. The van der Waals surface area contributed by atoms with Gasteiger partial charge < -0.3 is 0 Å². The maximum atomic E-state index is 12.0. The summed E-state index contributed by atoms with van der Waals surface area (Å²) in [6.45, 7) is 1.56. The molecule has 0 aliphatic carbocycles. The van der Waals surface area contributed by atoms with Gasteiger partial charge in [-0.1, -0.05) is 33.6 Å².